The molecule has 5 rings (SSSR count). The van der Waals surface area contributed by atoms with Gasteiger partial charge in [-0.1, -0.05) is 11.6 Å². The van der Waals surface area contributed by atoms with E-state index in [1.807, 2.05) is 13.8 Å². The van der Waals surface area contributed by atoms with Crippen molar-refractivity contribution in [1.82, 2.24) is 15.3 Å². The number of anilines is 2. The molecule has 216 valence electrons. The van der Waals surface area contributed by atoms with Gasteiger partial charge < -0.3 is 26.0 Å². The van der Waals surface area contributed by atoms with Gasteiger partial charge in [-0.3, -0.25) is 4.79 Å². The van der Waals surface area contributed by atoms with E-state index in [-0.39, 0.29) is 27.6 Å². The number of urea groups is 1. The summed E-state index contributed by atoms with van der Waals surface area (Å²) in [6.07, 6.45) is 0.709. The zero-order valence-electron chi connectivity index (χ0n) is 22.7. The Morgan fingerprint density at radius 1 is 1.15 bits per heavy atom. The van der Waals surface area contributed by atoms with Gasteiger partial charge in [-0.2, -0.15) is 0 Å². The van der Waals surface area contributed by atoms with E-state index in [4.69, 9.17) is 32.0 Å². The van der Waals surface area contributed by atoms with Crippen molar-refractivity contribution in [1.29, 1.82) is 0 Å². The molecule has 13 heteroatoms. The third-order valence-corrected chi connectivity index (χ3v) is 10.3. The van der Waals surface area contributed by atoms with Crippen LogP contribution in [-0.2, 0) is 19.3 Å². The van der Waals surface area contributed by atoms with Crippen molar-refractivity contribution in [2.75, 3.05) is 36.5 Å². The molecule has 3 aromatic rings. The van der Waals surface area contributed by atoms with Crippen LogP contribution >= 0.6 is 11.6 Å². The Balaban J connectivity index is 1.58. The number of hydrogen-bond acceptors (Lipinski definition) is 8. The highest BCUT2D eigenvalue weighted by atomic mass is 35.5. The van der Waals surface area contributed by atoms with Gasteiger partial charge >= 0.3 is 6.03 Å². The smallest absolute Gasteiger partial charge is 0.319 e. The van der Waals surface area contributed by atoms with Crippen molar-refractivity contribution in [3.05, 3.63) is 64.8 Å². The summed E-state index contributed by atoms with van der Waals surface area (Å²) in [5, 5.41) is 5.37. The Morgan fingerprint density at radius 2 is 1.88 bits per heavy atom. The number of aromatic nitrogens is 2. The Labute approximate surface area is 243 Å². The van der Waals surface area contributed by atoms with Gasteiger partial charge in [-0.15, -0.1) is 0 Å². The van der Waals surface area contributed by atoms with Gasteiger partial charge in [0, 0.05) is 36.0 Å². The topological polar surface area (TPSA) is 157 Å². The number of sulfone groups is 1. The lowest BCUT2D eigenvalue weighted by molar-refractivity contribution is 0.0985. The summed E-state index contributed by atoms with van der Waals surface area (Å²) in [5.74, 6) is 0.258. The summed E-state index contributed by atoms with van der Waals surface area (Å²) in [5.41, 5.74) is 7.09. The van der Waals surface area contributed by atoms with E-state index in [1.165, 1.54) is 18.2 Å². The lowest BCUT2D eigenvalue weighted by Crippen LogP contribution is -2.44. The van der Waals surface area contributed by atoms with Crippen LogP contribution in [0, 0.1) is 0 Å². The number of ether oxygens (including phenoxy) is 1. The van der Waals surface area contributed by atoms with Gasteiger partial charge in [0.25, 0.3) is 0 Å². The number of nitrogens with one attached hydrogen (secondary N) is 2. The minimum atomic E-state index is -4.01. The first kappa shape index (κ1) is 28.8. The zero-order chi connectivity index (χ0) is 29.4. The standard InChI is InChI=1S/C28H31ClN6O5S/c1-3-31-27(37)32-20-7-4-18(5-8-20)26-33-23(15-24(34-26)35-12-13-40-16-17(35)2)28(10-11-28)41(38,39)22-9-6-19(25(30)36)14-21(22)29/h4-9,14-15,17H,3,10-13,16H2,1-2H3,(H2,30,36)(H2,31,32,37)/t17-/m0/s1. The maximum absolute atomic E-state index is 14.1. The fraction of sp³-hybridized carbons (Fsp3) is 0.357. The van der Waals surface area contributed by atoms with Crippen molar-refractivity contribution in [2.45, 2.75) is 42.4 Å². The monoisotopic (exact) mass is 598 g/mol. The molecular formula is C28H31ClN6O5S. The van der Waals surface area contributed by atoms with Crippen molar-refractivity contribution >= 4 is 44.9 Å². The van der Waals surface area contributed by atoms with E-state index < -0.39 is 20.5 Å². The molecule has 0 bridgehead atoms. The number of amides is 3. The second-order valence-electron chi connectivity index (χ2n) is 10.1. The summed E-state index contributed by atoms with van der Waals surface area (Å²) in [6, 6.07) is 12.4. The fourth-order valence-electron chi connectivity index (χ4n) is 4.91. The molecular weight excluding hydrogens is 568 g/mol. The molecule has 0 unspecified atom stereocenters. The van der Waals surface area contributed by atoms with Crippen molar-refractivity contribution in [3.8, 4) is 11.4 Å². The van der Waals surface area contributed by atoms with Gasteiger partial charge in [0.05, 0.1) is 34.9 Å². The SMILES string of the molecule is CCNC(=O)Nc1ccc(-c2nc(N3CCOC[C@@H]3C)cc(C3(S(=O)(=O)c4ccc(C(N)=O)cc4Cl)CC3)n2)cc1. The maximum atomic E-state index is 14.1. The molecule has 2 fully saturated rings. The van der Waals surface area contributed by atoms with Crippen molar-refractivity contribution in [3.63, 3.8) is 0 Å². The van der Waals surface area contributed by atoms with E-state index in [0.29, 0.717) is 67.7 Å². The Hall–Kier alpha value is -3.74. The normalized spacial score (nSPS) is 18.0. The number of hydrogen-bond donors (Lipinski definition) is 3. The summed E-state index contributed by atoms with van der Waals surface area (Å²) < 4.78 is 32.5. The van der Waals surface area contributed by atoms with E-state index in [1.54, 1.807) is 30.3 Å². The molecule has 0 radical (unpaired) electrons. The summed E-state index contributed by atoms with van der Waals surface area (Å²) in [4.78, 5) is 35.1. The minimum Gasteiger partial charge on any atom is -0.377 e. The van der Waals surface area contributed by atoms with Crippen LogP contribution in [-0.4, -0.2) is 62.7 Å². The van der Waals surface area contributed by atoms with Crippen LogP contribution in [0.2, 0.25) is 5.02 Å². The molecule has 1 saturated carbocycles. The Bertz CT molecular complexity index is 1590. The second-order valence-corrected chi connectivity index (χ2v) is 12.8. The Kier molecular flexibility index (Phi) is 7.91. The summed E-state index contributed by atoms with van der Waals surface area (Å²) in [7, 11) is -4.01. The highest BCUT2D eigenvalue weighted by Gasteiger charge is 2.58. The average molecular weight is 599 g/mol. The molecule has 4 N–H and O–H groups in total. The van der Waals surface area contributed by atoms with Crippen LogP contribution in [0.25, 0.3) is 11.4 Å². The third kappa shape index (κ3) is 5.59. The predicted molar refractivity (Wildman–Crippen MR) is 156 cm³/mol. The molecule has 1 atom stereocenters. The highest BCUT2D eigenvalue weighted by molar-refractivity contribution is 7.92. The quantitative estimate of drug-likeness (QED) is 0.354. The lowest BCUT2D eigenvalue weighted by atomic mass is 10.1. The van der Waals surface area contributed by atoms with E-state index in [0.717, 1.165) is 0 Å². The van der Waals surface area contributed by atoms with Crippen LogP contribution < -0.4 is 21.3 Å². The molecule has 3 amide bonds. The largest absolute Gasteiger partial charge is 0.377 e. The minimum absolute atomic E-state index is 0.0190. The molecule has 1 saturated heterocycles. The van der Waals surface area contributed by atoms with Crippen LogP contribution in [0.1, 0.15) is 42.7 Å². The van der Waals surface area contributed by atoms with E-state index >= 15 is 0 Å². The number of benzene rings is 2. The molecule has 1 aliphatic heterocycles. The van der Waals surface area contributed by atoms with Crippen molar-refractivity contribution in [2.24, 2.45) is 5.73 Å². The van der Waals surface area contributed by atoms with Crippen molar-refractivity contribution < 1.29 is 22.7 Å². The lowest BCUT2D eigenvalue weighted by Gasteiger charge is -2.34. The first-order chi connectivity index (χ1) is 19.6. The summed E-state index contributed by atoms with van der Waals surface area (Å²) in [6.45, 7) is 5.97. The van der Waals surface area contributed by atoms with Crippen LogP contribution in [0.4, 0.5) is 16.3 Å². The number of nitrogens with zero attached hydrogens (tertiary/aromatic N) is 3. The third-order valence-electron chi connectivity index (χ3n) is 7.30. The van der Waals surface area contributed by atoms with Gasteiger partial charge in [-0.25, -0.2) is 23.2 Å². The number of carbonyl (C=O) groups is 2. The van der Waals surface area contributed by atoms with Crippen LogP contribution in [0.5, 0.6) is 0 Å². The fourth-order valence-corrected chi connectivity index (χ4v) is 7.40. The molecule has 1 aliphatic carbocycles. The number of morpholine rings is 1. The summed E-state index contributed by atoms with van der Waals surface area (Å²) >= 11 is 6.37. The number of nitrogens with two attached hydrogens (primary N) is 1. The van der Waals surface area contributed by atoms with E-state index in [9.17, 15) is 18.0 Å². The molecule has 1 aromatic heterocycles. The molecule has 2 aromatic carbocycles. The number of rotatable bonds is 8. The first-order valence-electron chi connectivity index (χ1n) is 13.3. The number of halogens is 1. The molecule has 2 heterocycles. The van der Waals surface area contributed by atoms with Gasteiger partial charge in [0.1, 0.15) is 10.6 Å². The number of carbonyl (C=O) groups excluding carboxylic acids is 2. The molecule has 41 heavy (non-hydrogen) atoms. The Morgan fingerprint density at radius 3 is 2.49 bits per heavy atom. The molecule has 0 spiro atoms. The van der Waals surface area contributed by atoms with E-state index in [2.05, 4.69) is 15.5 Å². The zero-order valence-corrected chi connectivity index (χ0v) is 24.3. The predicted octanol–water partition coefficient (Wildman–Crippen LogP) is 3.73. The first-order valence-corrected chi connectivity index (χ1v) is 15.1. The average Bonchev–Trinajstić information content (AvgIpc) is 3.76. The van der Waals surface area contributed by atoms with Gasteiger partial charge in [0.2, 0.25) is 5.91 Å². The number of primary amides is 1. The maximum Gasteiger partial charge on any atom is 0.319 e. The van der Waals surface area contributed by atoms with Gasteiger partial charge in [0.15, 0.2) is 15.7 Å². The van der Waals surface area contributed by atoms with Gasteiger partial charge in [-0.05, 0) is 69.2 Å². The molecule has 2 aliphatic rings. The second kappa shape index (κ2) is 11.3. The molecule has 11 nitrogen and oxygen atoms in total. The van der Waals surface area contributed by atoms with Crippen LogP contribution in [0.3, 0.4) is 0 Å². The van der Waals surface area contributed by atoms with Crippen LogP contribution in [0.15, 0.2) is 53.4 Å². The highest BCUT2D eigenvalue weighted by Crippen LogP contribution is 2.56.